The van der Waals surface area contributed by atoms with Crippen LogP contribution < -0.4 is 10.6 Å². The number of sulfone groups is 1. The number of benzene rings is 2. The SMILES string of the molecule is CCC(NC(=O)[C@@H]1C[C@@H](S(=O)(=O)c2ccc(F)cc2Cl)CN1C(=O)C1(c2ccc(Cl)cc2)CC1)C(=O)C(=O)NC1CC1. The molecule has 1 saturated heterocycles. The Labute approximate surface area is 253 Å². The maximum Gasteiger partial charge on any atom is 0.289 e. The molecule has 3 fully saturated rings. The maximum absolute atomic E-state index is 14.1. The van der Waals surface area contributed by atoms with Crippen LogP contribution in [0.25, 0.3) is 0 Å². The number of Topliss-reactive ketones (excluding diaryl/α,β-unsaturated/α-hetero) is 1. The normalized spacial score (nSPS) is 21.9. The lowest BCUT2D eigenvalue weighted by Gasteiger charge is -2.29. The van der Waals surface area contributed by atoms with Gasteiger partial charge in [-0.25, -0.2) is 12.8 Å². The van der Waals surface area contributed by atoms with Gasteiger partial charge in [0.05, 0.1) is 26.6 Å². The van der Waals surface area contributed by atoms with E-state index in [9.17, 15) is 32.0 Å². The average molecular weight is 639 g/mol. The van der Waals surface area contributed by atoms with E-state index in [1.807, 2.05) is 0 Å². The topological polar surface area (TPSA) is 130 Å². The van der Waals surface area contributed by atoms with E-state index in [-0.39, 0.29) is 35.3 Å². The van der Waals surface area contributed by atoms with Crippen molar-refractivity contribution in [3.05, 3.63) is 63.9 Å². The molecule has 2 aromatic rings. The number of nitrogens with zero attached hydrogens (tertiary/aromatic N) is 1. The summed E-state index contributed by atoms with van der Waals surface area (Å²) in [7, 11) is -4.21. The van der Waals surface area contributed by atoms with Gasteiger partial charge in [0, 0.05) is 17.6 Å². The van der Waals surface area contributed by atoms with Gasteiger partial charge in [0.25, 0.3) is 5.91 Å². The zero-order chi connectivity index (χ0) is 30.4. The molecule has 0 radical (unpaired) electrons. The molecule has 13 heteroatoms. The molecule has 9 nitrogen and oxygen atoms in total. The molecule has 0 bridgehead atoms. The number of carbonyl (C=O) groups is 4. The van der Waals surface area contributed by atoms with Crippen LogP contribution in [0.1, 0.15) is 51.0 Å². The molecule has 1 unspecified atom stereocenters. The molecule has 1 aliphatic heterocycles. The summed E-state index contributed by atoms with van der Waals surface area (Å²) in [6.07, 6.45) is 2.40. The minimum atomic E-state index is -4.21. The first-order chi connectivity index (χ1) is 19.9. The van der Waals surface area contributed by atoms with Gasteiger partial charge < -0.3 is 15.5 Å². The fraction of sp³-hybridized carbons (Fsp3) is 0.448. The number of halogens is 3. The third-order valence-electron chi connectivity index (χ3n) is 8.20. The summed E-state index contributed by atoms with van der Waals surface area (Å²) in [5.74, 6) is -3.47. The van der Waals surface area contributed by atoms with Gasteiger partial charge in [-0.2, -0.15) is 0 Å². The highest BCUT2D eigenvalue weighted by Gasteiger charge is 2.57. The van der Waals surface area contributed by atoms with Crippen LogP contribution >= 0.6 is 23.2 Å². The van der Waals surface area contributed by atoms with Gasteiger partial charge in [-0.1, -0.05) is 42.3 Å². The lowest BCUT2D eigenvalue weighted by atomic mass is 9.94. The Morgan fingerprint density at radius 1 is 1.07 bits per heavy atom. The van der Waals surface area contributed by atoms with Crippen LogP contribution in [0.2, 0.25) is 10.0 Å². The van der Waals surface area contributed by atoms with Crippen molar-refractivity contribution in [3.63, 3.8) is 0 Å². The quantitative estimate of drug-likeness (QED) is 0.304. The number of nitrogens with one attached hydrogen (secondary N) is 2. The van der Waals surface area contributed by atoms with E-state index in [0.29, 0.717) is 23.4 Å². The largest absolute Gasteiger partial charge is 0.347 e. The van der Waals surface area contributed by atoms with Crippen LogP contribution in [0, 0.1) is 5.82 Å². The first-order valence-corrected chi connectivity index (χ1v) is 16.1. The highest BCUT2D eigenvalue weighted by Crippen LogP contribution is 2.51. The summed E-state index contributed by atoms with van der Waals surface area (Å²) in [5, 5.41) is 4.15. The summed E-state index contributed by atoms with van der Waals surface area (Å²) in [5.41, 5.74) is -0.248. The van der Waals surface area contributed by atoms with E-state index >= 15 is 0 Å². The average Bonchev–Trinajstić information content (AvgIpc) is 3.88. The Morgan fingerprint density at radius 3 is 2.31 bits per heavy atom. The van der Waals surface area contributed by atoms with E-state index < -0.39 is 61.9 Å². The minimum absolute atomic E-state index is 0.0514. The number of amides is 3. The molecular formula is C29H30Cl2FN3O6S. The lowest BCUT2D eigenvalue weighted by molar-refractivity contribution is -0.143. The smallest absolute Gasteiger partial charge is 0.289 e. The Morgan fingerprint density at radius 2 is 1.74 bits per heavy atom. The summed E-state index contributed by atoms with van der Waals surface area (Å²) < 4.78 is 41.0. The summed E-state index contributed by atoms with van der Waals surface area (Å²) in [6.45, 7) is 1.32. The highest BCUT2D eigenvalue weighted by molar-refractivity contribution is 7.92. The zero-order valence-corrected chi connectivity index (χ0v) is 25.1. The molecule has 0 aromatic heterocycles. The third-order valence-corrected chi connectivity index (χ3v) is 11.1. The number of hydrogen-bond acceptors (Lipinski definition) is 6. The Hall–Kier alpha value is -3.02. The van der Waals surface area contributed by atoms with Gasteiger partial charge in [-0.3, -0.25) is 19.2 Å². The van der Waals surface area contributed by atoms with Crippen molar-refractivity contribution in [2.75, 3.05) is 6.54 Å². The van der Waals surface area contributed by atoms with Crippen molar-refractivity contribution in [1.29, 1.82) is 0 Å². The Bertz CT molecular complexity index is 1540. The number of hydrogen-bond donors (Lipinski definition) is 2. The highest BCUT2D eigenvalue weighted by atomic mass is 35.5. The second-order valence-electron chi connectivity index (χ2n) is 11.1. The van der Waals surface area contributed by atoms with Crippen LogP contribution in [0.4, 0.5) is 4.39 Å². The van der Waals surface area contributed by atoms with Gasteiger partial charge >= 0.3 is 0 Å². The molecule has 5 rings (SSSR count). The van der Waals surface area contributed by atoms with E-state index in [4.69, 9.17) is 23.2 Å². The standard InChI is InChI=1S/C29H30Cl2FN3O6S/c1-2-22(25(36)27(38)33-19-8-9-19)34-26(37)23-14-20(42(40,41)24-10-7-18(32)13-21(24)31)15-35(23)28(39)29(11-12-29)16-3-5-17(30)6-4-16/h3-7,10,13,19-20,22-23H,2,8-9,11-12,14-15H2,1H3,(H,33,38)(H,34,37)/t20-,22?,23+/m1/s1. The molecule has 3 atom stereocenters. The van der Waals surface area contributed by atoms with E-state index in [1.165, 1.54) is 4.90 Å². The van der Waals surface area contributed by atoms with Crippen molar-refractivity contribution in [1.82, 2.24) is 15.5 Å². The molecule has 3 amide bonds. The molecule has 2 N–H and O–H groups in total. The van der Waals surface area contributed by atoms with Crippen LogP contribution in [0.3, 0.4) is 0 Å². The van der Waals surface area contributed by atoms with Gasteiger partial charge in [0.2, 0.25) is 17.6 Å². The summed E-state index contributed by atoms with van der Waals surface area (Å²) in [4.78, 5) is 53.9. The first-order valence-electron chi connectivity index (χ1n) is 13.8. The van der Waals surface area contributed by atoms with E-state index in [1.54, 1.807) is 31.2 Å². The lowest BCUT2D eigenvalue weighted by Crippen LogP contribution is -2.54. The number of likely N-dealkylation sites (tertiary alicyclic amines) is 1. The van der Waals surface area contributed by atoms with E-state index in [0.717, 1.165) is 31.0 Å². The molecule has 42 heavy (non-hydrogen) atoms. The molecule has 1 heterocycles. The van der Waals surface area contributed by atoms with Crippen LogP contribution in [-0.4, -0.2) is 66.7 Å². The van der Waals surface area contributed by atoms with Crippen molar-refractivity contribution in [2.45, 2.75) is 79.1 Å². The second kappa shape index (κ2) is 11.6. The van der Waals surface area contributed by atoms with Crippen LogP contribution in [0.5, 0.6) is 0 Å². The number of rotatable bonds is 10. The van der Waals surface area contributed by atoms with Crippen molar-refractivity contribution < 1.29 is 32.0 Å². The Balaban J connectivity index is 1.44. The molecular weight excluding hydrogens is 608 g/mol. The van der Waals surface area contributed by atoms with Gasteiger partial charge in [-0.15, -0.1) is 0 Å². The molecule has 224 valence electrons. The zero-order valence-electron chi connectivity index (χ0n) is 22.7. The van der Waals surface area contributed by atoms with Gasteiger partial charge in [0.15, 0.2) is 9.84 Å². The minimum Gasteiger partial charge on any atom is -0.347 e. The second-order valence-corrected chi connectivity index (χ2v) is 14.2. The molecule has 2 aliphatic carbocycles. The number of carbonyl (C=O) groups excluding carboxylic acids is 4. The molecule has 2 saturated carbocycles. The summed E-state index contributed by atoms with van der Waals surface area (Å²) >= 11 is 12.1. The summed E-state index contributed by atoms with van der Waals surface area (Å²) in [6, 6.07) is 7.27. The van der Waals surface area contributed by atoms with Crippen molar-refractivity contribution in [3.8, 4) is 0 Å². The monoisotopic (exact) mass is 637 g/mol. The molecule has 2 aromatic carbocycles. The predicted molar refractivity (Wildman–Crippen MR) is 153 cm³/mol. The van der Waals surface area contributed by atoms with Gasteiger partial charge in [0.1, 0.15) is 11.9 Å². The first kappa shape index (κ1) is 30.4. The van der Waals surface area contributed by atoms with E-state index in [2.05, 4.69) is 10.6 Å². The third kappa shape index (κ3) is 5.91. The predicted octanol–water partition coefficient (Wildman–Crippen LogP) is 3.35. The van der Waals surface area contributed by atoms with Crippen molar-refractivity contribution in [2.24, 2.45) is 0 Å². The fourth-order valence-corrected chi connectivity index (χ4v) is 7.79. The fourth-order valence-electron chi connectivity index (χ4n) is 5.44. The van der Waals surface area contributed by atoms with Gasteiger partial charge in [-0.05, 0) is 74.4 Å². The van der Waals surface area contributed by atoms with Crippen LogP contribution in [-0.2, 0) is 34.4 Å². The molecule has 0 spiro atoms. The number of ketones is 1. The van der Waals surface area contributed by atoms with Crippen LogP contribution in [0.15, 0.2) is 47.4 Å². The molecule has 3 aliphatic rings. The maximum atomic E-state index is 14.1. The van der Waals surface area contributed by atoms with Crippen molar-refractivity contribution >= 4 is 56.5 Å². The Kier molecular flexibility index (Phi) is 8.39.